The third-order valence-electron chi connectivity index (χ3n) is 22.3. The molecule has 0 aliphatic rings. The molecule has 0 atom stereocenters. The average molecular weight is 1970 g/mol. The second-order valence-electron chi connectivity index (χ2n) is 39.6. The topological polar surface area (TPSA) is 263 Å². The first-order chi connectivity index (χ1) is 64.2. The van der Waals surface area contributed by atoms with Gasteiger partial charge in [-0.15, -0.1) is 11.3 Å². The lowest BCUT2D eigenvalue weighted by molar-refractivity contribution is -0.138. The third kappa shape index (κ3) is 43.3. The number of carboxylic acid groups (broad SMARTS) is 5. The second kappa shape index (κ2) is 59.0. The van der Waals surface area contributed by atoms with Crippen molar-refractivity contribution in [1.82, 2.24) is 15.0 Å². The van der Waals surface area contributed by atoms with Crippen molar-refractivity contribution in [3.8, 4) is 11.5 Å². The zero-order chi connectivity index (χ0) is 100. The quantitative estimate of drug-likeness (QED) is 0.0222. The summed E-state index contributed by atoms with van der Waals surface area (Å²) in [5, 5.41) is 48.2. The summed E-state index contributed by atoms with van der Waals surface area (Å²) in [5.74, 6) is 3.38. The van der Waals surface area contributed by atoms with Gasteiger partial charge >= 0.3 is 29.8 Å². The molecule has 10 rings (SSSR count). The number of likely N-dealkylation sites (N-methyl/N-ethyl adjacent to an activating group) is 2. The van der Waals surface area contributed by atoms with Crippen molar-refractivity contribution in [2.24, 2.45) is 0 Å². The van der Waals surface area contributed by atoms with Crippen LogP contribution in [0.25, 0.3) is 0 Å². The van der Waals surface area contributed by atoms with Gasteiger partial charge in [0.25, 0.3) is 0 Å². The molecule has 21 nitrogen and oxygen atoms in total. The van der Waals surface area contributed by atoms with E-state index in [2.05, 4.69) is 279 Å². The van der Waals surface area contributed by atoms with E-state index in [9.17, 15) is 39.3 Å². The van der Waals surface area contributed by atoms with Crippen molar-refractivity contribution in [2.75, 3.05) is 129 Å². The van der Waals surface area contributed by atoms with Crippen molar-refractivity contribution >= 4 is 111 Å². The van der Waals surface area contributed by atoms with Gasteiger partial charge in [0.15, 0.2) is 0 Å². The minimum absolute atomic E-state index is 0. The van der Waals surface area contributed by atoms with Crippen LogP contribution in [0.5, 0.6) is 11.5 Å². The van der Waals surface area contributed by atoms with Crippen molar-refractivity contribution in [1.29, 1.82) is 0 Å². The smallest absolute Gasteiger partial charge is 0.323 e. The SMILES string of the molecule is C.C.CC(C)(C)c1ccc(N(Cc2ccccn2)Cc2ccccn2)cc1.CC(C)(C)c1ccc(N(Cc2ccccn2)Cc2cccs2)cc1.CCCSCCN(CCSCCSCC)c1ccc(C(C)(C)C)cc1.CCN(CC(=O)O)c1ccc(C(C)(C)C)cc1CCC(=O)O.CCN(CC(=O)O)c1ccc(C(C)(C)C)cc1OCCOc1cc(C(C)(C)C)ccc1N(CC(=O)O)CC(=O)O. The van der Waals surface area contributed by atoms with Crippen molar-refractivity contribution in [3.63, 3.8) is 0 Å². The lowest BCUT2D eigenvalue weighted by atomic mass is 9.85. The molecule has 4 aromatic heterocycles. The molecule has 0 fully saturated rings. The number of carboxylic acids is 5. The van der Waals surface area contributed by atoms with Crippen LogP contribution in [0.1, 0.15) is 241 Å². The van der Waals surface area contributed by atoms with Crippen LogP contribution in [-0.2, 0) is 89.1 Å². The number of benzene rings is 6. The van der Waals surface area contributed by atoms with Crippen molar-refractivity contribution in [2.45, 2.75) is 245 Å². The van der Waals surface area contributed by atoms with Crippen LogP contribution in [0.15, 0.2) is 218 Å². The number of carbonyl (C=O) groups is 5. The van der Waals surface area contributed by atoms with E-state index in [1.165, 1.54) is 84.5 Å². The first kappa shape index (κ1) is 120. The Morgan fingerprint density at radius 1 is 0.341 bits per heavy atom. The molecule has 10 aromatic rings. The Bertz CT molecular complexity index is 5130. The van der Waals surface area contributed by atoms with Gasteiger partial charge in [0.2, 0.25) is 0 Å². The molecule has 4 heterocycles. The Balaban J connectivity index is 0.000000366. The molecule has 0 saturated heterocycles. The number of thiophene rings is 1. The minimum atomic E-state index is -1.16. The summed E-state index contributed by atoms with van der Waals surface area (Å²) in [5.41, 5.74) is 17.0. The van der Waals surface area contributed by atoms with Gasteiger partial charge in [0.05, 0.1) is 54.6 Å². The number of aliphatic carboxylic acids is 5. The van der Waals surface area contributed by atoms with E-state index >= 15 is 0 Å². The summed E-state index contributed by atoms with van der Waals surface area (Å²) in [6, 6.07) is 66.5. The van der Waals surface area contributed by atoms with Gasteiger partial charge in [-0.05, 0) is 224 Å². The van der Waals surface area contributed by atoms with E-state index in [0.29, 0.717) is 42.4 Å². The number of aryl methyl sites for hydroxylation is 1. The first-order valence-electron chi connectivity index (χ1n) is 47.2. The molecule has 0 unspecified atom stereocenters. The molecule has 25 heteroatoms. The molecule has 138 heavy (non-hydrogen) atoms. The highest BCUT2D eigenvalue weighted by molar-refractivity contribution is 8.02. The summed E-state index contributed by atoms with van der Waals surface area (Å²) in [4.78, 5) is 83.1. The molecule has 0 bridgehead atoms. The molecule has 0 saturated carbocycles. The van der Waals surface area contributed by atoms with Gasteiger partial charge in [-0.25, -0.2) is 0 Å². The van der Waals surface area contributed by atoms with Gasteiger partial charge in [-0.2, -0.15) is 35.3 Å². The molecule has 5 N–H and O–H groups in total. The first-order valence-corrected chi connectivity index (χ1v) is 51.6. The number of hydrogen-bond acceptors (Lipinski definition) is 20. The van der Waals surface area contributed by atoms with E-state index in [0.717, 1.165) is 84.3 Å². The molecule has 0 aliphatic heterocycles. The van der Waals surface area contributed by atoms with E-state index in [-0.39, 0.29) is 80.1 Å². The zero-order valence-corrected chi connectivity index (χ0v) is 88.1. The summed E-state index contributed by atoms with van der Waals surface area (Å²) < 4.78 is 12.2. The van der Waals surface area contributed by atoms with E-state index in [4.69, 9.17) is 19.7 Å². The number of pyridine rings is 3. The maximum absolute atomic E-state index is 11.5. The summed E-state index contributed by atoms with van der Waals surface area (Å²) in [6.45, 7) is 52.7. The number of anilines is 6. The highest BCUT2D eigenvalue weighted by Crippen LogP contribution is 2.39. The Morgan fingerprint density at radius 2 is 0.674 bits per heavy atom. The van der Waals surface area contributed by atoms with Crippen LogP contribution >= 0.6 is 46.6 Å². The Kier molecular flexibility index (Phi) is 51.1. The van der Waals surface area contributed by atoms with Crippen LogP contribution in [-0.4, -0.2) is 170 Å². The number of thioether (sulfide) groups is 3. The van der Waals surface area contributed by atoms with E-state index in [1.54, 1.807) is 33.3 Å². The Hall–Kier alpha value is -10.7. The lowest BCUT2D eigenvalue weighted by Crippen LogP contribution is -2.35. The molecular weight excluding hydrogens is 1800 g/mol. The number of rotatable bonds is 44. The summed E-state index contributed by atoms with van der Waals surface area (Å²) in [7, 11) is 0. The predicted octanol–water partition coefficient (Wildman–Crippen LogP) is 25.9. The molecule has 754 valence electrons. The number of hydrogen-bond donors (Lipinski definition) is 5. The molecule has 0 amide bonds. The standard InChI is InChI=1S/C30H42N2O8.C22H25N3.C21H24N2S.C21H37NS3.C17H25NO4.2CH4/c1-8-31(17-26(33)34)22-11-9-20(29(2,3)4)15-24(22)39-13-14-40-25-16-21(30(5,6)7)10-12-23(25)32(18-27(35)36)19-28(37)38;1-22(2,3)18-10-12-21(13-11-18)25(16-19-8-4-6-14-23-19)17-20-9-5-7-15-24-20;1-21(2,3)17-9-11-19(12-10-17)23(16-20-8-6-14-24-20)15-18-7-4-5-13-22-18;1-6-14-24-15-12-22(13-16-25-18-17-23-7-2)20-10-8-19(9-11-20)21(3,4)5;1-5-18(11-16(21)22)14-8-7-13(17(2,3)4)10-12(14)6-9-15(19)20;;/h9-12,15-16H,8,13-14,17-19H2,1-7H3,(H,33,34)(H,35,36)(H,37,38);4-15H,16-17H2,1-3H3;4-14H,15-16H2,1-3H3;8-11H,6-7,12-18H2,1-5H3;7-8,10H,5-6,9,11H2,1-4H3,(H,19,20)(H,21,22);2*1H4. The van der Waals surface area contributed by atoms with E-state index < -0.39 is 42.9 Å². The predicted molar refractivity (Wildman–Crippen MR) is 587 cm³/mol. The minimum Gasteiger partial charge on any atom is -0.488 e. The zero-order valence-electron chi connectivity index (χ0n) is 84.8. The molecular formula is C113H161N9O12S4. The highest BCUT2D eigenvalue weighted by Gasteiger charge is 2.27. The number of nitrogens with zero attached hydrogens (tertiary/aromatic N) is 9. The normalized spacial score (nSPS) is 11.3. The van der Waals surface area contributed by atoms with Gasteiger partial charge in [-0.3, -0.25) is 38.9 Å². The molecule has 0 aliphatic carbocycles. The largest absolute Gasteiger partial charge is 0.488 e. The lowest BCUT2D eigenvalue weighted by Gasteiger charge is -2.27. The van der Waals surface area contributed by atoms with Crippen LogP contribution in [0.4, 0.5) is 34.1 Å². The maximum Gasteiger partial charge on any atom is 0.323 e. The van der Waals surface area contributed by atoms with Crippen LogP contribution in [0.3, 0.4) is 0 Å². The van der Waals surface area contributed by atoms with Gasteiger partial charge < -0.3 is 64.4 Å². The van der Waals surface area contributed by atoms with E-state index in [1.807, 2.05) is 144 Å². The Morgan fingerprint density at radius 3 is 1.01 bits per heavy atom. The molecule has 0 radical (unpaired) electrons. The highest BCUT2D eigenvalue weighted by atomic mass is 32.2. The third-order valence-corrected chi connectivity index (χ3v) is 26.4. The van der Waals surface area contributed by atoms with Crippen molar-refractivity contribution < 1.29 is 59.0 Å². The maximum atomic E-state index is 11.5. The molecule has 6 aromatic carbocycles. The van der Waals surface area contributed by atoms with Gasteiger partial charge in [0, 0.05) is 102 Å². The van der Waals surface area contributed by atoms with Gasteiger partial charge in [0.1, 0.15) is 50.9 Å². The average Bonchev–Trinajstić information content (AvgIpc) is 0.902. The molecule has 0 spiro atoms. The van der Waals surface area contributed by atoms with Crippen molar-refractivity contribution in [3.05, 3.63) is 279 Å². The summed E-state index contributed by atoms with van der Waals surface area (Å²) >= 11 is 8.03. The van der Waals surface area contributed by atoms with Crippen LogP contribution in [0, 0.1) is 0 Å². The number of aromatic nitrogens is 3. The fraction of sp³-hybridized carbons (Fsp3) is 0.469. The fourth-order valence-electron chi connectivity index (χ4n) is 14.4. The summed E-state index contributed by atoms with van der Waals surface area (Å²) in [6.07, 6.45) is 7.25. The fourth-order valence-corrected chi connectivity index (χ4v) is 17.8. The Labute approximate surface area is 843 Å². The van der Waals surface area contributed by atoms with Crippen LogP contribution < -0.4 is 38.9 Å². The van der Waals surface area contributed by atoms with Crippen LogP contribution in [0.2, 0.25) is 0 Å². The monoisotopic (exact) mass is 1960 g/mol. The van der Waals surface area contributed by atoms with Gasteiger partial charge in [-0.1, -0.05) is 238 Å². The number of ether oxygens (including phenoxy) is 2. The second-order valence-corrected chi connectivity index (χ2v) is 44.4.